The highest BCUT2D eigenvalue weighted by molar-refractivity contribution is 5.76. The van der Waals surface area contributed by atoms with E-state index in [2.05, 4.69) is 12.2 Å². The van der Waals surface area contributed by atoms with Crippen molar-refractivity contribution in [2.24, 2.45) is 5.41 Å². The fourth-order valence-corrected chi connectivity index (χ4v) is 2.34. The normalized spacial score (nSPS) is 22.1. The van der Waals surface area contributed by atoms with Gasteiger partial charge in [-0.3, -0.25) is 4.79 Å². The van der Waals surface area contributed by atoms with Crippen LogP contribution in [0.4, 0.5) is 0 Å². The molecule has 0 aliphatic heterocycles. The summed E-state index contributed by atoms with van der Waals surface area (Å²) in [6, 6.07) is -0.121. The summed E-state index contributed by atoms with van der Waals surface area (Å²) in [6.45, 7) is 4.04. The second-order valence-electron chi connectivity index (χ2n) is 5.20. The van der Waals surface area contributed by atoms with Gasteiger partial charge in [-0.1, -0.05) is 26.2 Å². The SMILES string of the molecule is CC(CO)NC(=O)CC1(C)CCCCC1. The number of aliphatic hydroxyl groups excluding tert-OH is 1. The molecule has 3 nitrogen and oxygen atoms in total. The highest BCUT2D eigenvalue weighted by atomic mass is 16.3. The summed E-state index contributed by atoms with van der Waals surface area (Å²) in [5.41, 5.74) is 0.192. The lowest BCUT2D eigenvalue weighted by atomic mass is 9.73. The molecule has 15 heavy (non-hydrogen) atoms. The first-order chi connectivity index (χ1) is 7.06. The van der Waals surface area contributed by atoms with Crippen molar-refractivity contribution in [1.29, 1.82) is 0 Å². The highest BCUT2D eigenvalue weighted by Crippen LogP contribution is 2.38. The standard InChI is InChI=1S/C12H23NO2/c1-10(9-14)13-11(15)8-12(2)6-4-3-5-7-12/h10,14H,3-9H2,1-2H3,(H,13,15). The molecule has 1 aliphatic rings. The molecular weight excluding hydrogens is 190 g/mol. The van der Waals surface area contributed by atoms with E-state index in [9.17, 15) is 4.79 Å². The zero-order chi connectivity index (χ0) is 11.3. The number of amides is 1. The molecule has 3 heteroatoms. The zero-order valence-electron chi connectivity index (χ0n) is 9.88. The molecule has 1 saturated carbocycles. The van der Waals surface area contributed by atoms with Gasteiger partial charge in [-0.25, -0.2) is 0 Å². The number of carbonyl (C=O) groups excluding carboxylic acids is 1. The molecule has 0 bridgehead atoms. The van der Waals surface area contributed by atoms with Crippen LogP contribution in [0.1, 0.15) is 52.4 Å². The number of hydrogen-bond donors (Lipinski definition) is 2. The molecule has 1 amide bonds. The first kappa shape index (κ1) is 12.5. The predicted molar refractivity (Wildman–Crippen MR) is 60.5 cm³/mol. The quantitative estimate of drug-likeness (QED) is 0.748. The Balaban J connectivity index is 2.35. The summed E-state index contributed by atoms with van der Waals surface area (Å²) in [4.78, 5) is 11.7. The molecule has 1 aliphatic carbocycles. The van der Waals surface area contributed by atoms with Gasteiger partial charge in [-0.2, -0.15) is 0 Å². The Kier molecular flexibility index (Phi) is 4.58. The lowest BCUT2D eigenvalue weighted by molar-refractivity contribution is -0.124. The molecule has 1 rings (SSSR count). The van der Waals surface area contributed by atoms with Crippen LogP contribution in [0.5, 0.6) is 0 Å². The molecule has 0 aromatic rings. The van der Waals surface area contributed by atoms with Crippen LogP contribution in [-0.4, -0.2) is 23.7 Å². The van der Waals surface area contributed by atoms with Crippen molar-refractivity contribution < 1.29 is 9.90 Å². The van der Waals surface area contributed by atoms with E-state index in [1.54, 1.807) is 0 Å². The van der Waals surface area contributed by atoms with Gasteiger partial charge in [0, 0.05) is 12.5 Å². The molecule has 88 valence electrons. The second-order valence-corrected chi connectivity index (χ2v) is 5.20. The number of rotatable bonds is 4. The van der Waals surface area contributed by atoms with Gasteiger partial charge in [-0.05, 0) is 25.2 Å². The van der Waals surface area contributed by atoms with E-state index in [-0.39, 0.29) is 24.0 Å². The predicted octanol–water partition coefficient (Wildman–Crippen LogP) is 1.84. The second kappa shape index (κ2) is 5.50. The largest absolute Gasteiger partial charge is 0.394 e. The molecule has 0 saturated heterocycles. The fourth-order valence-electron chi connectivity index (χ4n) is 2.34. The highest BCUT2D eigenvalue weighted by Gasteiger charge is 2.29. The van der Waals surface area contributed by atoms with Crippen molar-refractivity contribution in [1.82, 2.24) is 5.32 Å². The van der Waals surface area contributed by atoms with Gasteiger partial charge >= 0.3 is 0 Å². The Morgan fingerprint density at radius 1 is 1.40 bits per heavy atom. The lowest BCUT2D eigenvalue weighted by Gasteiger charge is -2.33. The Morgan fingerprint density at radius 3 is 2.53 bits per heavy atom. The molecule has 1 atom stereocenters. The lowest BCUT2D eigenvalue weighted by Crippen LogP contribution is -2.38. The molecule has 0 radical (unpaired) electrons. The smallest absolute Gasteiger partial charge is 0.220 e. The van der Waals surface area contributed by atoms with Gasteiger partial charge in [0.15, 0.2) is 0 Å². The summed E-state index contributed by atoms with van der Waals surface area (Å²) in [6.07, 6.45) is 6.74. The van der Waals surface area contributed by atoms with Crippen molar-refractivity contribution in [3.05, 3.63) is 0 Å². The number of aliphatic hydroxyl groups is 1. The van der Waals surface area contributed by atoms with Crippen LogP contribution >= 0.6 is 0 Å². The maximum Gasteiger partial charge on any atom is 0.220 e. The summed E-state index contributed by atoms with van der Waals surface area (Å²) < 4.78 is 0. The topological polar surface area (TPSA) is 49.3 Å². The van der Waals surface area contributed by atoms with Crippen LogP contribution in [0.15, 0.2) is 0 Å². The fraction of sp³-hybridized carbons (Fsp3) is 0.917. The van der Waals surface area contributed by atoms with E-state index < -0.39 is 0 Å². The van der Waals surface area contributed by atoms with Crippen LogP contribution in [0, 0.1) is 5.41 Å². The van der Waals surface area contributed by atoms with E-state index in [1.165, 1.54) is 19.3 Å². The number of hydrogen-bond acceptors (Lipinski definition) is 2. The molecule has 2 N–H and O–H groups in total. The van der Waals surface area contributed by atoms with Gasteiger partial charge < -0.3 is 10.4 Å². The first-order valence-electron chi connectivity index (χ1n) is 5.96. The monoisotopic (exact) mass is 213 g/mol. The van der Waals surface area contributed by atoms with Gasteiger partial charge in [0.2, 0.25) is 5.91 Å². The van der Waals surface area contributed by atoms with Gasteiger partial charge in [0.1, 0.15) is 0 Å². The average molecular weight is 213 g/mol. The third-order valence-electron chi connectivity index (χ3n) is 3.33. The molecule has 1 unspecified atom stereocenters. The van der Waals surface area contributed by atoms with Crippen molar-refractivity contribution in [2.75, 3.05) is 6.61 Å². The van der Waals surface area contributed by atoms with Crippen LogP contribution in [0.3, 0.4) is 0 Å². The van der Waals surface area contributed by atoms with Crippen molar-refractivity contribution in [3.63, 3.8) is 0 Å². The Labute approximate surface area is 92.3 Å². The average Bonchev–Trinajstić information content (AvgIpc) is 2.17. The van der Waals surface area contributed by atoms with E-state index >= 15 is 0 Å². The van der Waals surface area contributed by atoms with E-state index in [0.29, 0.717) is 6.42 Å². The minimum atomic E-state index is -0.121. The van der Waals surface area contributed by atoms with Crippen LogP contribution < -0.4 is 5.32 Å². The molecular formula is C12H23NO2. The maximum atomic E-state index is 11.7. The van der Waals surface area contributed by atoms with Crippen LogP contribution in [0.25, 0.3) is 0 Å². The van der Waals surface area contributed by atoms with Crippen LogP contribution in [0.2, 0.25) is 0 Å². The van der Waals surface area contributed by atoms with Gasteiger partial charge in [0.05, 0.1) is 6.61 Å². The summed E-state index contributed by atoms with van der Waals surface area (Å²) in [7, 11) is 0. The Hall–Kier alpha value is -0.570. The first-order valence-corrected chi connectivity index (χ1v) is 5.96. The Morgan fingerprint density at radius 2 is 2.00 bits per heavy atom. The number of carbonyl (C=O) groups is 1. The maximum absolute atomic E-state index is 11.7. The molecule has 0 aromatic heterocycles. The molecule has 0 heterocycles. The summed E-state index contributed by atoms with van der Waals surface area (Å²) in [5.74, 6) is 0.0842. The van der Waals surface area contributed by atoms with E-state index in [4.69, 9.17) is 5.11 Å². The van der Waals surface area contributed by atoms with E-state index in [0.717, 1.165) is 12.8 Å². The molecule has 0 aromatic carbocycles. The molecule has 0 spiro atoms. The van der Waals surface area contributed by atoms with Crippen molar-refractivity contribution >= 4 is 5.91 Å². The molecule has 1 fully saturated rings. The van der Waals surface area contributed by atoms with Crippen molar-refractivity contribution in [3.8, 4) is 0 Å². The number of nitrogens with one attached hydrogen (secondary N) is 1. The zero-order valence-corrected chi connectivity index (χ0v) is 9.88. The third kappa shape index (κ3) is 4.20. The van der Waals surface area contributed by atoms with Crippen molar-refractivity contribution in [2.45, 2.75) is 58.4 Å². The van der Waals surface area contributed by atoms with Crippen LogP contribution in [-0.2, 0) is 4.79 Å². The minimum absolute atomic E-state index is 0.0163. The van der Waals surface area contributed by atoms with Gasteiger partial charge in [0.25, 0.3) is 0 Å². The Bertz CT molecular complexity index is 210. The third-order valence-corrected chi connectivity index (χ3v) is 3.33. The summed E-state index contributed by atoms with van der Waals surface area (Å²) >= 11 is 0. The minimum Gasteiger partial charge on any atom is -0.394 e. The summed E-state index contributed by atoms with van der Waals surface area (Å²) in [5, 5.41) is 11.7. The van der Waals surface area contributed by atoms with E-state index in [1.807, 2.05) is 6.92 Å². The van der Waals surface area contributed by atoms with Gasteiger partial charge in [-0.15, -0.1) is 0 Å².